The van der Waals surface area contributed by atoms with E-state index in [1.54, 1.807) is 39.2 Å². The molecule has 2 rings (SSSR count). The highest BCUT2D eigenvalue weighted by atomic mass is 16.6. The average Bonchev–Trinajstić information content (AvgIpc) is 3.33. The minimum Gasteiger partial charge on any atom is -0.467 e. The number of rotatable bonds is 10. The monoisotopic (exact) mass is 531 g/mol. The second kappa shape index (κ2) is 12.7. The number of furan rings is 1. The van der Waals surface area contributed by atoms with E-state index >= 15 is 0 Å². The Hall–Kier alpha value is -3.63. The number of nitrogens with zero attached hydrogens (tertiary/aromatic N) is 3. The summed E-state index contributed by atoms with van der Waals surface area (Å²) in [7, 11) is 1.23. The molecule has 0 unspecified atom stereocenters. The molecule has 2 aromatic rings. The van der Waals surface area contributed by atoms with Gasteiger partial charge >= 0.3 is 12.1 Å². The van der Waals surface area contributed by atoms with Crippen LogP contribution in [0.2, 0.25) is 0 Å². The van der Waals surface area contributed by atoms with Gasteiger partial charge in [0.2, 0.25) is 0 Å². The third kappa shape index (κ3) is 9.04. The lowest BCUT2D eigenvalue weighted by Gasteiger charge is -2.32. The molecule has 0 aliphatic heterocycles. The third-order valence-electron chi connectivity index (χ3n) is 5.21. The molecule has 0 spiro atoms. The zero-order valence-corrected chi connectivity index (χ0v) is 23.9. The predicted octanol–water partition coefficient (Wildman–Crippen LogP) is 4.14. The smallest absolute Gasteiger partial charge is 0.407 e. The molecule has 0 saturated carbocycles. The van der Waals surface area contributed by atoms with Gasteiger partial charge in [-0.15, -0.1) is 0 Å². The number of hydrogen-bond donors (Lipinski definition) is 2. The average molecular weight is 532 g/mol. The minimum atomic E-state index is -1.11. The first-order valence-corrected chi connectivity index (χ1v) is 12.6. The van der Waals surface area contributed by atoms with Gasteiger partial charge in [0.25, 0.3) is 5.91 Å². The summed E-state index contributed by atoms with van der Waals surface area (Å²) in [6, 6.07) is 2.47. The molecule has 2 aromatic heterocycles. The Morgan fingerprint density at radius 2 is 1.82 bits per heavy atom. The standard InChI is InChI=1S/C27H41N5O6/c1-17(2)16-32(20(23(34)36-9)15-30-25(35)38-27(6,7)8)22(33)19-14-29-24(26(3,4)5)31-21(19)28-13-18-11-10-12-37-18/h10-12,14,17,20H,13,15-16H2,1-9H3,(H,30,35)(H,28,29,31)/t20-/m1/s1. The van der Waals surface area contributed by atoms with Gasteiger partial charge in [0.05, 0.1) is 26.5 Å². The van der Waals surface area contributed by atoms with Gasteiger partial charge in [-0.25, -0.2) is 19.6 Å². The van der Waals surface area contributed by atoms with Crippen molar-refractivity contribution in [1.29, 1.82) is 0 Å². The molecular weight excluding hydrogens is 490 g/mol. The highest BCUT2D eigenvalue weighted by Gasteiger charge is 2.34. The molecule has 2 amide bonds. The first-order chi connectivity index (χ1) is 17.6. The molecule has 0 bridgehead atoms. The van der Waals surface area contributed by atoms with Gasteiger partial charge in [-0.3, -0.25) is 4.79 Å². The highest BCUT2D eigenvalue weighted by molar-refractivity contribution is 6.00. The van der Waals surface area contributed by atoms with Crippen LogP contribution in [0, 0.1) is 5.92 Å². The van der Waals surface area contributed by atoms with Crippen LogP contribution < -0.4 is 10.6 Å². The normalized spacial score (nSPS) is 12.6. The Balaban J connectivity index is 2.46. The fraction of sp³-hybridized carbons (Fsp3) is 0.593. The third-order valence-corrected chi connectivity index (χ3v) is 5.21. The lowest BCUT2D eigenvalue weighted by molar-refractivity contribution is -0.146. The number of esters is 1. The molecule has 1 atom stereocenters. The zero-order valence-electron chi connectivity index (χ0n) is 23.9. The molecule has 0 aromatic carbocycles. The lowest BCUT2D eigenvalue weighted by Crippen LogP contribution is -2.53. The maximum Gasteiger partial charge on any atom is 0.407 e. The van der Waals surface area contributed by atoms with Crippen molar-refractivity contribution in [2.45, 2.75) is 79.0 Å². The molecule has 2 N–H and O–H groups in total. The van der Waals surface area contributed by atoms with E-state index in [2.05, 4.69) is 20.6 Å². The number of carbonyl (C=O) groups excluding carboxylic acids is 3. The van der Waals surface area contributed by atoms with Crippen LogP contribution in [0.3, 0.4) is 0 Å². The van der Waals surface area contributed by atoms with Crippen LogP contribution in [0.5, 0.6) is 0 Å². The number of alkyl carbamates (subject to hydrolysis) is 1. The molecular formula is C27H41N5O6. The van der Waals surface area contributed by atoms with Crippen molar-refractivity contribution in [2.24, 2.45) is 5.92 Å². The summed E-state index contributed by atoms with van der Waals surface area (Å²) in [6.07, 6.45) is 2.32. The summed E-state index contributed by atoms with van der Waals surface area (Å²) in [5, 5.41) is 5.76. The Labute approximate surface area is 224 Å². The van der Waals surface area contributed by atoms with E-state index in [4.69, 9.17) is 13.9 Å². The van der Waals surface area contributed by atoms with Crippen molar-refractivity contribution in [2.75, 3.05) is 25.5 Å². The summed E-state index contributed by atoms with van der Waals surface area (Å²) >= 11 is 0. The summed E-state index contributed by atoms with van der Waals surface area (Å²) in [6.45, 7) is 15.3. The number of hydrogen-bond acceptors (Lipinski definition) is 9. The minimum absolute atomic E-state index is 0.00178. The fourth-order valence-corrected chi connectivity index (χ4v) is 3.47. The summed E-state index contributed by atoms with van der Waals surface area (Å²) in [5.41, 5.74) is -0.915. The molecule has 0 radical (unpaired) electrons. The first kappa shape index (κ1) is 30.6. The Morgan fingerprint density at radius 3 is 2.34 bits per heavy atom. The van der Waals surface area contributed by atoms with Crippen LogP contribution in [-0.4, -0.2) is 64.7 Å². The van der Waals surface area contributed by atoms with Crippen LogP contribution in [0.4, 0.5) is 10.6 Å². The van der Waals surface area contributed by atoms with Crippen molar-refractivity contribution < 1.29 is 28.3 Å². The van der Waals surface area contributed by atoms with Gasteiger partial charge in [0.15, 0.2) is 0 Å². The SMILES string of the molecule is COC(=O)[C@@H](CNC(=O)OC(C)(C)C)N(CC(C)C)C(=O)c1cnc(C(C)(C)C)nc1NCc1ccco1. The van der Waals surface area contributed by atoms with Gasteiger partial charge in [0.1, 0.15) is 34.6 Å². The van der Waals surface area contributed by atoms with E-state index in [1.165, 1.54) is 18.2 Å². The molecule has 0 fully saturated rings. The van der Waals surface area contributed by atoms with E-state index in [0.29, 0.717) is 23.9 Å². The van der Waals surface area contributed by atoms with Crippen LogP contribution >= 0.6 is 0 Å². The predicted molar refractivity (Wildman–Crippen MR) is 143 cm³/mol. The second-order valence-electron chi connectivity index (χ2n) is 11.4. The first-order valence-electron chi connectivity index (χ1n) is 12.6. The number of amides is 2. The van der Waals surface area contributed by atoms with Crippen LogP contribution in [0.15, 0.2) is 29.0 Å². The lowest BCUT2D eigenvalue weighted by atomic mass is 9.95. The van der Waals surface area contributed by atoms with E-state index in [0.717, 1.165) is 0 Å². The van der Waals surface area contributed by atoms with Crippen molar-refractivity contribution in [3.8, 4) is 0 Å². The Kier molecular flexibility index (Phi) is 10.3. The van der Waals surface area contributed by atoms with Crippen LogP contribution in [-0.2, 0) is 26.2 Å². The van der Waals surface area contributed by atoms with Crippen molar-refractivity contribution >= 4 is 23.8 Å². The van der Waals surface area contributed by atoms with Gasteiger partial charge in [0, 0.05) is 18.2 Å². The Bertz CT molecular complexity index is 1090. The molecule has 11 heteroatoms. The summed E-state index contributed by atoms with van der Waals surface area (Å²) in [5.74, 6) is 0.357. The van der Waals surface area contributed by atoms with Crippen molar-refractivity contribution in [1.82, 2.24) is 20.2 Å². The van der Waals surface area contributed by atoms with E-state index in [9.17, 15) is 14.4 Å². The topological polar surface area (TPSA) is 136 Å². The molecule has 2 heterocycles. The maximum atomic E-state index is 14.0. The summed E-state index contributed by atoms with van der Waals surface area (Å²) in [4.78, 5) is 49.6. The number of aromatic nitrogens is 2. The molecule has 210 valence electrons. The van der Waals surface area contributed by atoms with Crippen LogP contribution in [0.25, 0.3) is 0 Å². The number of methoxy groups -OCH3 is 1. The van der Waals surface area contributed by atoms with Crippen LogP contribution in [0.1, 0.15) is 77.3 Å². The number of ether oxygens (including phenoxy) is 2. The Morgan fingerprint density at radius 1 is 1.13 bits per heavy atom. The highest BCUT2D eigenvalue weighted by Crippen LogP contribution is 2.24. The quantitative estimate of drug-likeness (QED) is 0.433. The maximum absolute atomic E-state index is 14.0. The van der Waals surface area contributed by atoms with Crippen molar-refractivity contribution in [3.05, 3.63) is 41.7 Å². The van der Waals surface area contributed by atoms with Gasteiger partial charge < -0.3 is 29.4 Å². The number of nitrogens with one attached hydrogen (secondary N) is 2. The second-order valence-corrected chi connectivity index (χ2v) is 11.4. The zero-order chi connectivity index (χ0) is 28.7. The van der Waals surface area contributed by atoms with Crippen molar-refractivity contribution in [3.63, 3.8) is 0 Å². The van der Waals surface area contributed by atoms with Gasteiger partial charge in [-0.1, -0.05) is 34.6 Å². The molecule has 11 nitrogen and oxygen atoms in total. The van der Waals surface area contributed by atoms with E-state index < -0.39 is 29.6 Å². The summed E-state index contributed by atoms with van der Waals surface area (Å²) < 4.78 is 15.7. The number of anilines is 1. The molecule has 0 aliphatic carbocycles. The molecule has 0 saturated heterocycles. The molecule has 0 aliphatic rings. The van der Waals surface area contributed by atoms with E-state index in [-0.39, 0.29) is 30.0 Å². The fourth-order valence-electron chi connectivity index (χ4n) is 3.47. The largest absolute Gasteiger partial charge is 0.467 e. The molecule has 38 heavy (non-hydrogen) atoms. The van der Waals surface area contributed by atoms with Gasteiger partial charge in [-0.05, 0) is 38.8 Å². The number of carbonyl (C=O) groups is 3. The van der Waals surface area contributed by atoms with E-state index in [1.807, 2.05) is 34.6 Å². The van der Waals surface area contributed by atoms with Gasteiger partial charge in [-0.2, -0.15) is 0 Å².